The molecule has 0 saturated carbocycles. The number of piperidine rings is 1. The van der Waals surface area contributed by atoms with Gasteiger partial charge in [0.2, 0.25) is 0 Å². The topological polar surface area (TPSA) is 100 Å². The molecule has 11 heteroatoms. The fraction of sp³-hybridized carbons (Fsp3) is 0.556. The van der Waals surface area contributed by atoms with Crippen LogP contribution >= 0.6 is 34.5 Å². The van der Waals surface area contributed by atoms with E-state index in [0.29, 0.717) is 48.3 Å². The molecule has 1 aliphatic rings. The van der Waals surface area contributed by atoms with E-state index >= 15 is 0 Å². The van der Waals surface area contributed by atoms with Crippen molar-refractivity contribution in [2.45, 2.75) is 45.0 Å². The van der Waals surface area contributed by atoms with Crippen molar-refractivity contribution in [3.05, 3.63) is 27.2 Å². The first-order valence-electron chi connectivity index (χ1n) is 9.42. The van der Waals surface area contributed by atoms with Crippen LogP contribution in [0.3, 0.4) is 0 Å². The van der Waals surface area contributed by atoms with Crippen LogP contribution in [-0.2, 0) is 11.2 Å². The minimum absolute atomic E-state index is 0.188. The molecule has 2 atom stereocenters. The van der Waals surface area contributed by atoms with E-state index in [0.717, 1.165) is 10.8 Å². The summed E-state index contributed by atoms with van der Waals surface area (Å²) in [6, 6.07) is -0.208. The van der Waals surface area contributed by atoms with E-state index in [2.05, 4.69) is 20.3 Å². The number of thiazole rings is 1. The van der Waals surface area contributed by atoms with Gasteiger partial charge in [-0.15, -0.1) is 11.6 Å². The largest absolute Gasteiger partial charge is 0.462 e. The Morgan fingerprint density at radius 3 is 2.76 bits per heavy atom. The molecule has 29 heavy (non-hydrogen) atoms. The molecule has 3 rings (SSSR count). The number of esters is 1. The van der Waals surface area contributed by atoms with Crippen molar-refractivity contribution in [2.24, 2.45) is 0 Å². The number of nitrogens with one attached hydrogen (secondary N) is 2. The Bertz CT molecular complexity index is 900. The SMILES string of the molecule is CCOC(=O)c1sc(N2CCC(NC(=O)c3nc(Cl)c(CC)[nH]3)C(Cl)C2)nc1C. The van der Waals surface area contributed by atoms with Crippen LogP contribution in [0.2, 0.25) is 5.15 Å². The normalized spacial score (nSPS) is 19.3. The van der Waals surface area contributed by atoms with Gasteiger partial charge in [-0.05, 0) is 26.7 Å². The highest BCUT2D eigenvalue weighted by molar-refractivity contribution is 7.17. The number of aromatic amines is 1. The summed E-state index contributed by atoms with van der Waals surface area (Å²) in [6.07, 6.45) is 1.30. The number of ether oxygens (including phenoxy) is 1. The number of hydrogen-bond donors (Lipinski definition) is 2. The van der Waals surface area contributed by atoms with E-state index in [9.17, 15) is 9.59 Å². The number of rotatable bonds is 6. The molecule has 1 aliphatic heterocycles. The maximum Gasteiger partial charge on any atom is 0.350 e. The third kappa shape index (κ3) is 4.84. The highest BCUT2D eigenvalue weighted by Gasteiger charge is 2.32. The second-order valence-corrected chi connectivity index (χ2v) is 8.57. The van der Waals surface area contributed by atoms with Crippen molar-refractivity contribution < 1.29 is 14.3 Å². The van der Waals surface area contributed by atoms with Crippen LogP contribution in [-0.4, -0.2) is 57.9 Å². The summed E-state index contributed by atoms with van der Waals surface area (Å²) in [5, 5.41) is 3.65. The molecule has 1 saturated heterocycles. The molecular weight excluding hydrogens is 437 g/mol. The number of alkyl halides is 1. The number of carbonyl (C=O) groups is 2. The third-order valence-corrected chi connectivity index (χ3v) is 6.62. The minimum Gasteiger partial charge on any atom is -0.462 e. The standard InChI is InChI=1S/C18H23Cl2N5O3S/c1-4-11-14(20)24-15(22-11)16(26)23-12-6-7-25(8-10(12)19)18-21-9(3)13(29-18)17(27)28-5-2/h10,12H,4-8H2,1-3H3,(H,22,24)(H,23,26). The first-order chi connectivity index (χ1) is 13.8. The lowest BCUT2D eigenvalue weighted by Crippen LogP contribution is -2.52. The number of imidazole rings is 1. The van der Waals surface area contributed by atoms with Crippen LogP contribution in [0.4, 0.5) is 5.13 Å². The molecule has 2 aromatic rings. The van der Waals surface area contributed by atoms with Crippen LogP contribution in [0, 0.1) is 6.92 Å². The van der Waals surface area contributed by atoms with Gasteiger partial charge >= 0.3 is 5.97 Å². The zero-order chi connectivity index (χ0) is 21.1. The predicted molar refractivity (Wildman–Crippen MR) is 114 cm³/mol. The Morgan fingerprint density at radius 1 is 1.38 bits per heavy atom. The predicted octanol–water partition coefficient (Wildman–Crippen LogP) is 3.18. The van der Waals surface area contributed by atoms with Crippen molar-refractivity contribution in [3.8, 4) is 0 Å². The second kappa shape index (κ2) is 9.32. The van der Waals surface area contributed by atoms with E-state index in [1.54, 1.807) is 13.8 Å². The first kappa shape index (κ1) is 21.9. The summed E-state index contributed by atoms with van der Waals surface area (Å²) < 4.78 is 5.07. The molecule has 0 spiro atoms. The molecular formula is C18H23Cl2N5O3S. The van der Waals surface area contributed by atoms with Gasteiger partial charge in [0, 0.05) is 19.1 Å². The maximum absolute atomic E-state index is 12.5. The van der Waals surface area contributed by atoms with E-state index in [4.69, 9.17) is 27.9 Å². The fourth-order valence-corrected chi connectivity index (χ4v) is 4.73. The maximum atomic E-state index is 12.5. The summed E-state index contributed by atoms with van der Waals surface area (Å²) in [6.45, 7) is 6.96. The number of aryl methyl sites for hydroxylation is 2. The van der Waals surface area contributed by atoms with Crippen LogP contribution in [0.1, 0.15) is 51.9 Å². The molecule has 0 aliphatic carbocycles. The minimum atomic E-state index is -0.359. The van der Waals surface area contributed by atoms with Crippen molar-refractivity contribution in [3.63, 3.8) is 0 Å². The number of hydrogen-bond acceptors (Lipinski definition) is 7. The van der Waals surface area contributed by atoms with Gasteiger partial charge in [-0.3, -0.25) is 4.79 Å². The molecule has 3 heterocycles. The Kier molecular flexibility index (Phi) is 7.02. The summed E-state index contributed by atoms with van der Waals surface area (Å²) in [4.78, 5) is 38.5. The van der Waals surface area contributed by atoms with Crippen molar-refractivity contribution >= 4 is 51.5 Å². The zero-order valence-electron chi connectivity index (χ0n) is 16.4. The highest BCUT2D eigenvalue weighted by atomic mass is 35.5. The first-order valence-corrected chi connectivity index (χ1v) is 11.1. The molecule has 0 bridgehead atoms. The zero-order valence-corrected chi connectivity index (χ0v) is 18.7. The number of H-pyrrole nitrogens is 1. The number of nitrogens with zero attached hydrogens (tertiary/aromatic N) is 3. The number of amides is 1. The van der Waals surface area contributed by atoms with E-state index in [1.807, 2.05) is 11.8 Å². The average Bonchev–Trinajstić information content (AvgIpc) is 3.26. The lowest BCUT2D eigenvalue weighted by atomic mass is 10.0. The Hall–Kier alpha value is -1.84. The van der Waals surface area contributed by atoms with Crippen molar-refractivity contribution in [1.29, 1.82) is 0 Å². The molecule has 2 unspecified atom stereocenters. The van der Waals surface area contributed by atoms with Gasteiger partial charge in [-0.25, -0.2) is 14.8 Å². The molecule has 0 radical (unpaired) electrons. The Balaban J connectivity index is 1.62. The van der Waals surface area contributed by atoms with Gasteiger partial charge in [0.1, 0.15) is 4.88 Å². The lowest BCUT2D eigenvalue weighted by Gasteiger charge is -2.35. The van der Waals surface area contributed by atoms with E-state index < -0.39 is 0 Å². The Morgan fingerprint density at radius 2 is 2.14 bits per heavy atom. The summed E-state index contributed by atoms with van der Waals surface area (Å²) >= 11 is 13.9. The van der Waals surface area contributed by atoms with E-state index in [-0.39, 0.29) is 29.1 Å². The van der Waals surface area contributed by atoms with Crippen molar-refractivity contribution in [2.75, 3.05) is 24.6 Å². The molecule has 8 nitrogen and oxygen atoms in total. The van der Waals surface area contributed by atoms with Crippen LogP contribution in [0.5, 0.6) is 0 Å². The van der Waals surface area contributed by atoms with Gasteiger partial charge in [0.15, 0.2) is 16.1 Å². The monoisotopic (exact) mass is 459 g/mol. The fourth-order valence-electron chi connectivity index (χ4n) is 3.11. The average molecular weight is 460 g/mol. The van der Waals surface area contributed by atoms with Crippen LogP contribution in [0.25, 0.3) is 0 Å². The Labute approximate surface area is 183 Å². The molecule has 158 valence electrons. The van der Waals surface area contributed by atoms with Crippen molar-refractivity contribution in [1.82, 2.24) is 20.3 Å². The molecule has 2 N–H and O–H groups in total. The summed E-state index contributed by atoms with van der Waals surface area (Å²) in [5.74, 6) is -0.500. The summed E-state index contributed by atoms with van der Waals surface area (Å²) in [7, 11) is 0. The lowest BCUT2D eigenvalue weighted by molar-refractivity contribution is 0.0531. The van der Waals surface area contributed by atoms with Gasteiger partial charge in [0.25, 0.3) is 5.91 Å². The van der Waals surface area contributed by atoms with E-state index in [1.165, 1.54) is 11.3 Å². The number of aromatic nitrogens is 3. The van der Waals surface area contributed by atoms with Gasteiger partial charge in [0.05, 0.1) is 23.4 Å². The highest BCUT2D eigenvalue weighted by Crippen LogP contribution is 2.30. The van der Waals surface area contributed by atoms with Gasteiger partial charge in [-0.1, -0.05) is 29.9 Å². The smallest absolute Gasteiger partial charge is 0.350 e. The molecule has 1 fully saturated rings. The summed E-state index contributed by atoms with van der Waals surface area (Å²) in [5.41, 5.74) is 1.37. The molecule has 0 aromatic carbocycles. The second-order valence-electron chi connectivity index (χ2n) is 6.67. The van der Waals surface area contributed by atoms with Gasteiger partial charge < -0.3 is 19.9 Å². The van der Waals surface area contributed by atoms with Crippen LogP contribution < -0.4 is 10.2 Å². The quantitative estimate of drug-likeness (QED) is 0.508. The number of carbonyl (C=O) groups excluding carboxylic acids is 2. The van der Waals surface area contributed by atoms with Crippen LogP contribution in [0.15, 0.2) is 0 Å². The number of anilines is 1. The van der Waals surface area contributed by atoms with Gasteiger partial charge in [-0.2, -0.15) is 0 Å². The molecule has 1 amide bonds. The number of halogens is 2. The molecule has 2 aromatic heterocycles. The third-order valence-electron chi connectivity index (χ3n) is 4.67.